The van der Waals surface area contributed by atoms with Gasteiger partial charge in [0, 0.05) is 0 Å². The van der Waals surface area contributed by atoms with Crippen LogP contribution in [-0.2, 0) is 14.8 Å². The van der Waals surface area contributed by atoms with Gasteiger partial charge in [0.1, 0.15) is 12.1 Å². The fourth-order valence-electron chi connectivity index (χ4n) is 1.97. The lowest BCUT2D eigenvalue weighted by Crippen LogP contribution is -2.34. The average molecular weight is 290 g/mol. The molecule has 0 N–H and O–H groups in total. The molecule has 0 aromatic heterocycles. The zero-order valence-corrected chi connectivity index (χ0v) is 11.2. The van der Waals surface area contributed by atoms with E-state index in [1.54, 1.807) is 24.3 Å². The molecule has 18 heavy (non-hydrogen) atoms. The van der Waals surface area contributed by atoms with E-state index in [1.807, 2.05) is 6.07 Å². The summed E-state index contributed by atoms with van der Waals surface area (Å²) in [4.78, 5) is 11.6. The van der Waals surface area contributed by atoms with Crippen LogP contribution in [0.2, 0.25) is 0 Å². The van der Waals surface area contributed by atoms with E-state index < -0.39 is 28.3 Å². The Bertz CT molecular complexity index is 545. The van der Waals surface area contributed by atoms with E-state index in [-0.39, 0.29) is 5.88 Å². The monoisotopic (exact) mass is 289 g/mol. The smallest absolute Gasteiger partial charge is 0.424 e. The number of halogens is 1. The molecule has 0 bridgehead atoms. The van der Waals surface area contributed by atoms with Crippen molar-refractivity contribution in [1.82, 2.24) is 4.31 Å². The van der Waals surface area contributed by atoms with Gasteiger partial charge in [-0.2, -0.15) is 4.31 Å². The highest BCUT2D eigenvalue weighted by Gasteiger charge is 2.47. The second kappa shape index (κ2) is 4.78. The maximum atomic E-state index is 11.7. The SMILES string of the molecule is CS(=O)(=O)N1C(=O)OC(CCl)C1c1ccccc1. The van der Waals surface area contributed by atoms with Crippen molar-refractivity contribution in [3.05, 3.63) is 35.9 Å². The van der Waals surface area contributed by atoms with Crippen molar-refractivity contribution in [2.24, 2.45) is 0 Å². The van der Waals surface area contributed by atoms with Crippen LogP contribution in [0.5, 0.6) is 0 Å². The Balaban J connectivity index is 2.48. The Labute approximate surface area is 110 Å². The summed E-state index contributed by atoms with van der Waals surface area (Å²) < 4.78 is 29.1. The van der Waals surface area contributed by atoms with Crippen molar-refractivity contribution in [3.63, 3.8) is 0 Å². The van der Waals surface area contributed by atoms with Crippen molar-refractivity contribution in [1.29, 1.82) is 0 Å². The van der Waals surface area contributed by atoms with Gasteiger partial charge in [0.2, 0.25) is 10.0 Å². The van der Waals surface area contributed by atoms with Gasteiger partial charge in [0.05, 0.1) is 12.1 Å². The number of rotatable bonds is 3. The van der Waals surface area contributed by atoms with Gasteiger partial charge in [-0.3, -0.25) is 0 Å². The molecule has 0 saturated carbocycles. The largest absolute Gasteiger partial charge is 0.441 e. The average Bonchev–Trinajstić information content (AvgIpc) is 2.67. The third-order valence-corrected chi connectivity index (χ3v) is 4.08. The molecule has 98 valence electrons. The van der Waals surface area contributed by atoms with Crippen LogP contribution in [0.15, 0.2) is 30.3 Å². The number of nitrogens with zero attached hydrogens (tertiary/aromatic N) is 1. The maximum absolute atomic E-state index is 11.7. The highest BCUT2D eigenvalue weighted by molar-refractivity contribution is 7.88. The van der Waals surface area contributed by atoms with E-state index in [0.717, 1.165) is 10.6 Å². The molecule has 1 aliphatic heterocycles. The molecule has 1 amide bonds. The Morgan fingerprint density at radius 2 is 1.94 bits per heavy atom. The first-order valence-electron chi connectivity index (χ1n) is 5.26. The Hall–Kier alpha value is -1.27. The second-order valence-electron chi connectivity index (χ2n) is 3.99. The number of hydrogen-bond donors (Lipinski definition) is 0. The van der Waals surface area contributed by atoms with E-state index in [1.165, 1.54) is 0 Å². The summed E-state index contributed by atoms with van der Waals surface area (Å²) in [5.74, 6) is 0.0390. The molecule has 1 heterocycles. The van der Waals surface area contributed by atoms with Gasteiger partial charge in [-0.05, 0) is 5.56 Å². The number of alkyl halides is 1. The van der Waals surface area contributed by atoms with E-state index in [2.05, 4.69) is 0 Å². The van der Waals surface area contributed by atoms with Gasteiger partial charge in [-0.1, -0.05) is 30.3 Å². The summed E-state index contributed by atoms with van der Waals surface area (Å²) in [6.45, 7) is 0. The normalized spacial score (nSPS) is 24.1. The van der Waals surface area contributed by atoms with E-state index in [0.29, 0.717) is 5.56 Å². The van der Waals surface area contributed by atoms with Crippen LogP contribution in [0, 0.1) is 0 Å². The maximum Gasteiger partial charge on any atom is 0.424 e. The Kier molecular flexibility index (Phi) is 3.49. The highest BCUT2D eigenvalue weighted by Crippen LogP contribution is 2.35. The quantitative estimate of drug-likeness (QED) is 0.795. The fourth-order valence-corrected chi connectivity index (χ4v) is 3.18. The van der Waals surface area contributed by atoms with Crippen LogP contribution in [-0.4, -0.2) is 37.1 Å². The van der Waals surface area contributed by atoms with Crippen molar-refractivity contribution < 1.29 is 17.9 Å². The van der Waals surface area contributed by atoms with Crippen LogP contribution < -0.4 is 0 Å². The third-order valence-electron chi connectivity index (χ3n) is 2.69. The lowest BCUT2D eigenvalue weighted by atomic mass is 10.0. The molecule has 1 aliphatic rings. The minimum Gasteiger partial charge on any atom is -0.441 e. The minimum atomic E-state index is -3.69. The summed E-state index contributed by atoms with van der Waals surface area (Å²) in [5, 5.41) is 0. The first-order valence-corrected chi connectivity index (χ1v) is 7.64. The van der Waals surface area contributed by atoms with E-state index in [9.17, 15) is 13.2 Å². The predicted molar refractivity (Wildman–Crippen MR) is 66.9 cm³/mol. The number of sulfonamides is 1. The summed E-state index contributed by atoms with van der Waals surface area (Å²) in [5.41, 5.74) is 0.680. The van der Waals surface area contributed by atoms with Crippen molar-refractivity contribution in [2.45, 2.75) is 12.1 Å². The van der Waals surface area contributed by atoms with Crippen LogP contribution in [0.1, 0.15) is 11.6 Å². The van der Waals surface area contributed by atoms with Gasteiger partial charge in [0.25, 0.3) is 0 Å². The molecule has 2 rings (SSSR count). The van der Waals surface area contributed by atoms with Crippen LogP contribution in [0.3, 0.4) is 0 Å². The van der Waals surface area contributed by atoms with Crippen molar-refractivity contribution >= 4 is 27.7 Å². The number of carbonyl (C=O) groups is 1. The molecule has 0 radical (unpaired) electrons. The minimum absolute atomic E-state index is 0.0390. The fraction of sp³-hybridized carbons (Fsp3) is 0.364. The second-order valence-corrected chi connectivity index (χ2v) is 6.16. The molecule has 5 nitrogen and oxygen atoms in total. The molecule has 1 aromatic carbocycles. The lowest BCUT2D eigenvalue weighted by molar-refractivity contribution is 0.141. The first kappa shape index (κ1) is 13.2. The van der Waals surface area contributed by atoms with E-state index >= 15 is 0 Å². The predicted octanol–water partition coefficient (Wildman–Crippen LogP) is 1.75. The summed E-state index contributed by atoms with van der Waals surface area (Å²) in [6.07, 6.45) is -0.575. The zero-order valence-electron chi connectivity index (χ0n) is 9.61. The molecular weight excluding hydrogens is 278 g/mol. The number of carbonyl (C=O) groups excluding carboxylic acids is 1. The molecule has 7 heteroatoms. The first-order chi connectivity index (χ1) is 8.45. The number of hydrogen-bond acceptors (Lipinski definition) is 4. The van der Waals surface area contributed by atoms with E-state index in [4.69, 9.17) is 16.3 Å². The van der Waals surface area contributed by atoms with Gasteiger partial charge in [-0.15, -0.1) is 11.6 Å². The van der Waals surface area contributed by atoms with Gasteiger partial charge >= 0.3 is 6.09 Å². The molecule has 0 spiro atoms. The van der Waals surface area contributed by atoms with Gasteiger partial charge in [0.15, 0.2) is 0 Å². The molecule has 2 atom stereocenters. The molecule has 1 fully saturated rings. The number of benzene rings is 1. The standard InChI is InChI=1S/C11H12ClNO4S/c1-18(15,16)13-10(8-5-3-2-4-6-8)9(7-12)17-11(13)14/h2-6,9-10H,7H2,1H3. The molecule has 0 aliphatic carbocycles. The van der Waals surface area contributed by atoms with Crippen LogP contribution in [0.25, 0.3) is 0 Å². The Morgan fingerprint density at radius 1 is 1.33 bits per heavy atom. The number of ether oxygens (including phenoxy) is 1. The zero-order chi connectivity index (χ0) is 13.3. The molecular formula is C11H12ClNO4S. The number of cyclic esters (lactones) is 1. The van der Waals surface area contributed by atoms with Crippen molar-refractivity contribution in [2.75, 3.05) is 12.1 Å². The van der Waals surface area contributed by atoms with Gasteiger partial charge in [-0.25, -0.2) is 13.2 Å². The summed E-state index contributed by atoms with van der Waals surface area (Å²) >= 11 is 5.73. The molecule has 1 saturated heterocycles. The summed E-state index contributed by atoms with van der Waals surface area (Å²) in [6, 6.07) is 8.12. The summed E-state index contributed by atoms with van der Waals surface area (Å²) in [7, 11) is -3.69. The third kappa shape index (κ3) is 2.30. The number of amides is 1. The Morgan fingerprint density at radius 3 is 2.44 bits per heavy atom. The lowest BCUT2D eigenvalue weighted by Gasteiger charge is -2.22. The molecule has 1 aromatic rings. The van der Waals surface area contributed by atoms with Crippen LogP contribution in [0.4, 0.5) is 4.79 Å². The van der Waals surface area contributed by atoms with Crippen LogP contribution >= 0.6 is 11.6 Å². The topological polar surface area (TPSA) is 63.7 Å². The highest BCUT2D eigenvalue weighted by atomic mass is 35.5. The molecule has 2 unspecified atom stereocenters. The van der Waals surface area contributed by atoms with Gasteiger partial charge < -0.3 is 4.74 Å². The van der Waals surface area contributed by atoms with Crippen molar-refractivity contribution in [3.8, 4) is 0 Å².